The molecule has 0 saturated carbocycles. The molecule has 1 aromatic heterocycles. The van der Waals surface area contributed by atoms with Crippen molar-refractivity contribution in [3.05, 3.63) is 42.5 Å². The van der Waals surface area contributed by atoms with Crippen LogP contribution in [0.2, 0.25) is 0 Å². The van der Waals surface area contributed by atoms with Crippen LogP contribution in [0.4, 0.5) is 10.8 Å². The van der Waals surface area contributed by atoms with Crippen molar-refractivity contribution in [3.8, 4) is 0 Å². The first-order valence-electron chi connectivity index (χ1n) is 8.20. The minimum Gasteiger partial charge on any atom is -0.357 e. The average molecular weight is 391 g/mol. The number of benzene rings is 1. The van der Waals surface area contributed by atoms with Crippen LogP contribution >= 0.6 is 23.1 Å². The van der Waals surface area contributed by atoms with E-state index in [2.05, 4.69) is 27.4 Å². The summed E-state index contributed by atoms with van der Waals surface area (Å²) in [5.74, 6) is -0.136. The minimum atomic E-state index is -0.286. The number of ketones is 1. The van der Waals surface area contributed by atoms with Crippen molar-refractivity contribution in [2.24, 2.45) is 5.92 Å². The maximum Gasteiger partial charge on any atom is 0.226 e. The molecule has 0 bridgehead atoms. The molecular weight excluding hydrogens is 368 g/mol. The van der Waals surface area contributed by atoms with E-state index < -0.39 is 0 Å². The Kier molecular flexibility index (Phi) is 7.35. The van der Waals surface area contributed by atoms with E-state index >= 15 is 0 Å². The topological polar surface area (TPSA) is 84.0 Å². The second kappa shape index (κ2) is 9.49. The van der Waals surface area contributed by atoms with Crippen LogP contribution < -0.4 is 10.6 Å². The number of hydrogen-bond donors (Lipinski definition) is 2. The van der Waals surface area contributed by atoms with Crippen LogP contribution in [0.5, 0.6) is 0 Å². The Morgan fingerprint density at radius 2 is 1.92 bits per heavy atom. The fourth-order valence-corrected chi connectivity index (χ4v) is 3.91. The quantitative estimate of drug-likeness (QED) is 0.381. The maximum atomic E-state index is 12.6. The van der Waals surface area contributed by atoms with Crippen molar-refractivity contribution in [1.29, 1.82) is 0 Å². The molecule has 138 valence electrons. The Morgan fingerprint density at radius 1 is 1.23 bits per heavy atom. The molecule has 1 amide bonds. The molecule has 1 heterocycles. The van der Waals surface area contributed by atoms with Crippen LogP contribution in [0.15, 0.2) is 41.3 Å². The highest BCUT2D eigenvalue weighted by Crippen LogP contribution is 2.30. The Labute approximate surface area is 161 Å². The van der Waals surface area contributed by atoms with Gasteiger partial charge in [-0.15, -0.1) is 16.8 Å². The lowest BCUT2D eigenvalue weighted by atomic mass is 10.1. The summed E-state index contributed by atoms with van der Waals surface area (Å²) in [6, 6.07) is 6.94. The first-order chi connectivity index (χ1) is 12.4. The number of thioether (sulfide) groups is 1. The highest BCUT2D eigenvalue weighted by Gasteiger charge is 2.19. The SMILES string of the molecule is C=CCNc1nnc(SC(C)C(=O)c2ccc(NC(=O)C(C)C)cc2)s1. The predicted octanol–water partition coefficient (Wildman–Crippen LogP) is 4.09. The first-order valence-corrected chi connectivity index (χ1v) is 9.90. The minimum absolute atomic E-state index is 0.00698. The van der Waals surface area contributed by atoms with Crippen LogP contribution in [0.3, 0.4) is 0 Å². The van der Waals surface area contributed by atoms with Crippen molar-refractivity contribution in [2.45, 2.75) is 30.4 Å². The highest BCUT2D eigenvalue weighted by molar-refractivity contribution is 8.02. The zero-order chi connectivity index (χ0) is 19.1. The molecule has 1 unspecified atom stereocenters. The van der Waals surface area contributed by atoms with E-state index in [1.165, 1.54) is 23.1 Å². The van der Waals surface area contributed by atoms with Crippen molar-refractivity contribution < 1.29 is 9.59 Å². The molecule has 0 radical (unpaired) electrons. The summed E-state index contributed by atoms with van der Waals surface area (Å²) in [6.45, 7) is 9.77. The summed E-state index contributed by atoms with van der Waals surface area (Å²) in [5, 5.41) is 14.4. The number of rotatable bonds is 9. The van der Waals surface area contributed by atoms with E-state index in [1.807, 2.05) is 20.8 Å². The third-order valence-corrected chi connectivity index (χ3v) is 5.48. The molecule has 0 spiro atoms. The van der Waals surface area contributed by atoms with Gasteiger partial charge in [-0.1, -0.05) is 43.0 Å². The predicted molar refractivity (Wildman–Crippen MR) is 108 cm³/mol. The fourth-order valence-electron chi connectivity index (χ4n) is 1.93. The van der Waals surface area contributed by atoms with Crippen molar-refractivity contribution in [1.82, 2.24) is 10.2 Å². The maximum absolute atomic E-state index is 12.6. The summed E-state index contributed by atoms with van der Waals surface area (Å²) in [7, 11) is 0. The molecule has 2 N–H and O–H groups in total. The molecule has 2 rings (SSSR count). The van der Waals surface area contributed by atoms with Gasteiger partial charge in [-0.25, -0.2) is 0 Å². The summed E-state index contributed by atoms with van der Waals surface area (Å²) >= 11 is 2.79. The number of carbonyl (C=O) groups excluding carboxylic acids is 2. The van der Waals surface area contributed by atoms with E-state index in [9.17, 15) is 9.59 Å². The molecule has 0 saturated heterocycles. The van der Waals surface area contributed by atoms with Crippen molar-refractivity contribution in [3.63, 3.8) is 0 Å². The number of Topliss-reactive ketones (excluding diaryl/α,β-unsaturated/α-hetero) is 1. The van der Waals surface area contributed by atoms with Gasteiger partial charge in [0.1, 0.15) is 0 Å². The van der Waals surface area contributed by atoms with E-state index in [0.29, 0.717) is 22.9 Å². The monoisotopic (exact) mass is 390 g/mol. The summed E-state index contributed by atoms with van der Waals surface area (Å²) in [4.78, 5) is 24.3. The Hall–Kier alpha value is -2.19. The van der Waals surface area contributed by atoms with Gasteiger partial charge in [-0.05, 0) is 31.2 Å². The molecule has 8 heteroatoms. The third-order valence-electron chi connectivity index (χ3n) is 3.41. The lowest BCUT2D eigenvalue weighted by Gasteiger charge is -2.10. The van der Waals surface area contributed by atoms with Crippen LogP contribution in [-0.2, 0) is 4.79 Å². The number of nitrogens with zero attached hydrogens (tertiary/aromatic N) is 2. The molecule has 1 aromatic carbocycles. The zero-order valence-electron chi connectivity index (χ0n) is 15.0. The smallest absolute Gasteiger partial charge is 0.226 e. The summed E-state index contributed by atoms with van der Waals surface area (Å²) < 4.78 is 0.734. The van der Waals surface area contributed by atoms with Gasteiger partial charge >= 0.3 is 0 Å². The molecule has 1 atom stereocenters. The molecule has 26 heavy (non-hydrogen) atoms. The van der Waals surface area contributed by atoms with Gasteiger partial charge < -0.3 is 10.6 Å². The van der Waals surface area contributed by atoms with Crippen molar-refractivity contribution >= 4 is 45.6 Å². The molecule has 6 nitrogen and oxygen atoms in total. The van der Waals surface area contributed by atoms with Crippen LogP contribution in [0, 0.1) is 5.92 Å². The molecule has 0 aliphatic carbocycles. The van der Waals surface area contributed by atoms with E-state index in [0.717, 1.165) is 4.34 Å². The molecule has 0 fully saturated rings. The van der Waals surface area contributed by atoms with E-state index in [4.69, 9.17) is 0 Å². The van der Waals surface area contributed by atoms with Crippen LogP contribution in [-0.4, -0.2) is 33.7 Å². The molecule has 0 aliphatic rings. The van der Waals surface area contributed by atoms with Gasteiger partial charge in [-0.2, -0.15) is 0 Å². The van der Waals surface area contributed by atoms with Gasteiger partial charge in [0.05, 0.1) is 5.25 Å². The highest BCUT2D eigenvalue weighted by atomic mass is 32.2. The number of aromatic nitrogens is 2. The standard InChI is InChI=1S/C18H22N4O2S2/c1-5-10-19-17-21-22-18(26-17)25-12(4)15(23)13-6-8-14(9-7-13)20-16(24)11(2)3/h5-9,11-12H,1,10H2,2-4H3,(H,19,21)(H,20,24). The lowest BCUT2D eigenvalue weighted by molar-refractivity contribution is -0.118. The third kappa shape index (κ3) is 5.67. The molecular formula is C18H22N4O2S2. The number of hydrogen-bond acceptors (Lipinski definition) is 7. The summed E-state index contributed by atoms with van der Waals surface area (Å²) in [5.41, 5.74) is 1.28. The first kappa shape index (κ1) is 20.1. The van der Waals surface area contributed by atoms with Gasteiger partial charge in [0.25, 0.3) is 0 Å². The lowest BCUT2D eigenvalue weighted by Crippen LogP contribution is -2.18. The summed E-state index contributed by atoms with van der Waals surface area (Å²) in [6.07, 6.45) is 1.74. The average Bonchev–Trinajstić information content (AvgIpc) is 3.07. The second-order valence-corrected chi connectivity index (χ2v) is 8.45. The van der Waals surface area contributed by atoms with Gasteiger partial charge in [0.15, 0.2) is 10.1 Å². The normalized spacial score (nSPS) is 11.8. The van der Waals surface area contributed by atoms with Gasteiger partial charge in [0, 0.05) is 23.7 Å². The largest absolute Gasteiger partial charge is 0.357 e. The second-order valence-electron chi connectivity index (χ2n) is 5.89. The van der Waals surface area contributed by atoms with Crippen LogP contribution in [0.25, 0.3) is 0 Å². The van der Waals surface area contributed by atoms with Gasteiger partial charge in [-0.3, -0.25) is 9.59 Å². The number of carbonyl (C=O) groups is 2. The fraction of sp³-hybridized carbons (Fsp3) is 0.333. The van der Waals surface area contributed by atoms with E-state index in [1.54, 1.807) is 30.3 Å². The van der Waals surface area contributed by atoms with Crippen LogP contribution in [0.1, 0.15) is 31.1 Å². The molecule has 0 aliphatic heterocycles. The van der Waals surface area contributed by atoms with Gasteiger partial charge in [0.2, 0.25) is 11.0 Å². The number of amides is 1. The van der Waals surface area contributed by atoms with E-state index in [-0.39, 0.29) is 22.9 Å². The Bertz CT molecular complexity index is 772. The Morgan fingerprint density at radius 3 is 2.54 bits per heavy atom. The number of anilines is 2. The zero-order valence-corrected chi connectivity index (χ0v) is 16.6. The van der Waals surface area contributed by atoms with Crippen molar-refractivity contribution in [2.75, 3.05) is 17.2 Å². The molecule has 2 aromatic rings. The Balaban J connectivity index is 1.96. The number of nitrogens with one attached hydrogen (secondary N) is 2.